The van der Waals surface area contributed by atoms with Gasteiger partial charge in [-0.05, 0) is 131 Å². The summed E-state index contributed by atoms with van der Waals surface area (Å²) in [5.41, 5.74) is 12.5. The van der Waals surface area contributed by atoms with E-state index in [1.54, 1.807) is 74.2 Å². The van der Waals surface area contributed by atoms with Crippen LogP contribution in [0.1, 0.15) is 106 Å². The third-order valence-electron chi connectivity index (χ3n) is 19.1. The molecule has 494 valence electrons. The van der Waals surface area contributed by atoms with Crippen LogP contribution in [0, 0.1) is 0 Å². The Balaban J connectivity index is 0.000000113. The zero-order valence-corrected chi connectivity index (χ0v) is 60.0. The van der Waals surface area contributed by atoms with Gasteiger partial charge in [0.1, 0.15) is 26.4 Å². The highest BCUT2D eigenvalue weighted by molar-refractivity contribution is 7.31. The van der Waals surface area contributed by atoms with Gasteiger partial charge >= 0.3 is 0 Å². The van der Waals surface area contributed by atoms with E-state index in [1.165, 1.54) is 24.8 Å². The number of hydrogen-bond acceptors (Lipinski definition) is 25. The number of fused-ring (bicyclic) bond motifs is 5. The first-order valence-electron chi connectivity index (χ1n) is 32.5. The van der Waals surface area contributed by atoms with Crippen molar-refractivity contribution in [3.63, 3.8) is 0 Å². The number of aromatic amines is 4. The van der Waals surface area contributed by atoms with Crippen LogP contribution in [-0.2, 0) is 6.42 Å². The maximum atomic E-state index is 4.98. The Morgan fingerprint density at radius 1 is 0.531 bits per heavy atom. The molecule has 5 aliphatic rings. The molecule has 0 aromatic carbocycles. The topological polar surface area (TPSA) is 276 Å². The molecule has 1 atom stereocenters. The number of aromatic nitrogens is 16. The maximum absolute atomic E-state index is 4.98. The Hall–Kier alpha value is -7.87. The number of anilines is 3. The van der Waals surface area contributed by atoms with Crippen LogP contribution in [0.4, 0.5) is 21.1 Å². The molecule has 96 heavy (non-hydrogen) atoms. The first kappa shape index (κ1) is 62.9. The number of pyridine rings is 3. The van der Waals surface area contributed by atoms with Gasteiger partial charge in [-0.1, -0.05) is 68.0 Å². The van der Waals surface area contributed by atoms with Gasteiger partial charge in [0, 0.05) is 156 Å². The number of nitrogens with one attached hydrogen (secondary N) is 7. The van der Waals surface area contributed by atoms with Crippen LogP contribution < -0.4 is 30.7 Å². The molecule has 0 saturated carbocycles. The minimum atomic E-state index is 0.0932. The summed E-state index contributed by atoms with van der Waals surface area (Å²) in [7, 11) is 4.34. The number of H-pyrrole nitrogens is 4. The van der Waals surface area contributed by atoms with Gasteiger partial charge < -0.3 is 35.6 Å². The normalized spacial score (nSPS) is 19.6. The Kier molecular flexibility index (Phi) is 15.9. The third kappa shape index (κ3) is 12.1. The van der Waals surface area contributed by atoms with Crippen molar-refractivity contribution in [2.24, 2.45) is 4.99 Å². The minimum absolute atomic E-state index is 0.0932. The van der Waals surface area contributed by atoms with Gasteiger partial charge in [0.25, 0.3) is 0 Å². The van der Waals surface area contributed by atoms with E-state index in [1.807, 2.05) is 68.1 Å². The molecule has 23 nitrogen and oxygen atoms in total. The number of piperidine rings is 3. The van der Waals surface area contributed by atoms with E-state index < -0.39 is 0 Å². The molecule has 18 heterocycles. The summed E-state index contributed by atoms with van der Waals surface area (Å²) in [6, 6.07) is 7.02. The largest absolute Gasteiger partial charge is 0.359 e. The van der Waals surface area contributed by atoms with Crippen molar-refractivity contribution in [3.8, 4) is 65.5 Å². The fourth-order valence-electron chi connectivity index (χ4n) is 15.1. The lowest BCUT2D eigenvalue weighted by atomic mass is 9.79. The highest BCUT2D eigenvalue weighted by atomic mass is 32.1. The molecule has 7 N–H and O–H groups in total. The molecule has 4 fully saturated rings. The number of hydrogen-bond donors (Lipinski definition) is 7. The van der Waals surface area contributed by atoms with E-state index in [0.29, 0.717) is 12.1 Å². The molecule has 13 aromatic heterocycles. The van der Waals surface area contributed by atoms with Crippen molar-refractivity contribution in [1.82, 2.24) is 96.4 Å². The average Bonchev–Trinajstić information content (AvgIpc) is 1.49. The van der Waals surface area contributed by atoms with E-state index in [-0.39, 0.29) is 27.7 Å². The highest BCUT2D eigenvalue weighted by Crippen LogP contribution is 2.48. The van der Waals surface area contributed by atoms with Crippen LogP contribution in [0.5, 0.6) is 0 Å². The number of rotatable bonds is 11. The Morgan fingerprint density at radius 2 is 1.08 bits per heavy atom. The lowest BCUT2D eigenvalue weighted by molar-refractivity contribution is 0.160. The summed E-state index contributed by atoms with van der Waals surface area (Å²) in [6.45, 7) is 21.6. The monoisotopic (exact) mass is 1390 g/mol. The number of aliphatic imine (C=N–C) groups is 1. The van der Waals surface area contributed by atoms with E-state index in [2.05, 4.69) is 158 Å². The molecule has 5 aliphatic heterocycles. The molecule has 1 unspecified atom stereocenters. The molecule has 29 heteroatoms. The Bertz CT molecular complexity index is 4830. The highest BCUT2D eigenvalue weighted by Gasteiger charge is 2.47. The summed E-state index contributed by atoms with van der Waals surface area (Å²) in [5, 5.41) is 38.9. The van der Waals surface area contributed by atoms with E-state index in [4.69, 9.17) is 39.9 Å². The fourth-order valence-corrected chi connectivity index (χ4v) is 21.4. The molecule has 4 saturated heterocycles. The van der Waals surface area contributed by atoms with E-state index >= 15 is 0 Å². The Morgan fingerprint density at radius 3 is 1.64 bits per heavy atom. The predicted octanol–water partition coefficient (Wildman–Crippen LogP) is 14.2. The average molecular weight is 1390 g/mol. The van der Waals surface area contributed by atoms with Gasteiger partial charge in [-0.25, -0.2) is 29.9 Å². The summed E-state index contributed by atoms with van der Waals surface area (Å²) in [4.78, 5) is 64.8. The zero-order valence-electron chi connectivity index (χ0n) is 55.1. The van der Waals surface area contributed by atoms with Crippen LogP contribution in [0.25, 0.3) is 105 Å². The van der Waals surface area contributed by atoms with Gasteiger partial charge in [-0.3, -0.25) is 35.2 Å². The van der Waals surface area contributed by atoms with Crippen molar-refractivity contribution in [2.75, 3.05) is 48.4 Å². The van der Waals surface area contributed by atoms with Crippen LogP contribution in [0.15, 0.2) is 85.2 Å². The number of thiazole rings is 6. The van der Waals surface area contributed by atoms with Crippen molar-refractivity contribution >= 4 is 135 Å². The third-order valence-corrected chi connectivity index (χ3v) is 25.4. The SMILES string of the molecule is CN(c1nc2sc(-c3ccc(-c4cn[nH]c4)nc3)nc2s1)C1CC(C)(C)NC(C)(C)C1.CN(c1nc2sc(-c3ncc(-c4cn[nH]c4)c4c3N=CC4)nc2s1)C1CC(C)(C)NC(C)(C)C1.c1cc2c(-c3cn[nH]c3)cnc(-c3nc4sc(N5CCC56CCCNC6)nc4s3)c2[nH]1. The second-order valence-corrected chi connectivity index (χ2v) is 34.3. The van der Waals surface area contributed by atoms with Crippen LogP contribution in [-0.4, -0.2) is 160 Å². The van der Waals surface area contributed by atoms with Crippen molar-refractivity contribution in [3.05, 3.63) is 85.7 Å². The summed E-state index contributed by atoms with van der Waals surface area (Å²) < 4.78 is 0. The lowest BCUT2D eigenvalue weighted by Gasteiger charge is -2.55. The molecule has 13 aromatic rings. The summed E-state index contributed by atoms with van der Waals surface area (Å²) in [6.07, 6.45) is 29.5. The summed E-state index contributed by atoms with van der Waals surface area (Å²) in [5.74, 6) is 0. The second kappa shape index (κ2) is 24.3. The van der Waals surface area contributed by atoms with E-state index in [0.717, 1.165) is 178 Å². The smallest absolute Gasteiger partial charge is 0.189 e. The molecule has 0 radical (unpaired) electrons. The molecule has 0 amide bonds. The predicted molar refractivity (Wildman–Crippen MR) is 394 cm³/mol. The first-order valence-corrected chi connectivity index (χ1v) is 37.4. The van der Waals surface area contributed by atoms with Gasteiger partial charge in [0.2, 0.25) is 0 Å². The van der Waals surface area contributed by atoms with Crippen molar-refractivity contribution in [2.45, 2.75) is 147 Å². The minimum Gasteiger partial charge on any atom is -0.359 e. The van der Waals surface area contributed by atoms with Crippen molar-refractivity contribution in [1.29, 1.82) is 0 Å². The molecule has 0 aliphatic carbocycles. The molecule has 1 spiro atoms. The molecule has 0 bridgehead atoms. The van der Waals surface area contributed by atoms with Crippen LogP contribution >= 0.6 is 68.0 Å². The van der Waals surface area contributed by atoms with Gasteiger partial charge in [-0.15, -0.1) is 0 Å². The van der Waals surface area contributed by atoms with Gasteiger partial charge in [0.05, 0.1) is 41.0 Å². The number of nitrogens with zero attached hydrogens (tertiary/aromatic N) is 16. The Labute approximate surface area is 578 Å². The van der Waals surface area contributed by atoms with E-state index in [9.17, 15) is 0 Å². The van der Waals surface area contributed by atoms with Gasteiger partial charge in [0.15, 0.2) is 44.4 Å². The second-order valence-electron chi connectivity index (χ2n) is 28.5. The lowest BCUT2D eigenvalue weighted by Crippen LogP contribution is -2.66. The molecular weight excluding hydrogens is 1320 g/mol. The fraction of sp³-hybridized carbons (Fsp3) is 0.418. The molecular formula is C67H75N23S6. The first-order chi connectivity index (χ1) is 46.2. The van der Waals surface area contributed by atoms with Crippen LogP contribution in [0.2, 0.25) is 0 Å². The zero-order chi connectivity index (χ0) is 65.9. The molecule has 18 rings (SSSR count). The van der Waals surface area contributed by atoms with Crippen LogP contribution in [0.3, 0.4) is 0 Å². The standard InChI is InChI=1S/C24H28N8S2.C22H27N7S2.C21H20N8S2/c1-23(2)8-14(9-24(3,4)31-23)32(5)22-30-21-20(34-22)29-19(33-21)18-17-15(6-7-25-17)16(12-26-18)13-10-27-28-11-13;1-21(2)8-15(9-22(3,4)28-21)29(5)20-27-19-18(31-20)26-17(30-19)13-6-7-16(23-10-13)14-11-24-25-12-14;1-3-21(11-22-5-1)4-7-29(21)20-28-19-18(31-20)27-17(30-19)16-15-13(2-6-23-15)14(10-24-16)12-8-25-26-9-12/h7,10-12,14,31H,6,8-9H2,1-5H3,(H,27,28);6-7,10-12,15,28H,8-9H2,1-5H3,(H,24,25);2,6,8-10,22-23H,1,3-5,7,11H2,(H,25,26). The van der Waals surface area contributed by atoms with Crippen molar-refractivity contribution < 1.29 is 0 Å². The maximum Gasteiger partial charge on any atom is 0.189 e. The van der Waals surface area contributed by atoms with Gasteiger partial charge in [-0.2, -0.15) is 15.3 Å². The summed E-state index contributed by atoms with van der Waals surface area (Å²) >= 11 is 9.90. The quantitative estimate of drug-likeness (QED) is 0.0634.